The van der Waals surface area contributed by atoms with Crippen LogP contribution in [0.25, 0.3) is 10.9 Å². The lowest BCUT2D eigenvalue weighted by molar-refractivity contribution is 0.225. The van der Waals surface area contributed by atoms with E-state index in [1.54, 1.807) is 6.20 Å². The monoisotopic (exact) mass is 327 g/mol. The fourth-order valence-electron chi connectivity index (χ4n) is 2.03. The maximum absolute atomic E-state index is 11.2. The molecule has 0 aliphatic heterocycles. The van der Waals surface area contributed by atoms with Crippen LogP contribution in [0.15, 0.2) is 36.5 Å². The van der Waals surface area contributed by atoms with E-state index in [4.69, 9.17) is 15.4 Å². The molecule has 6 heteroatoms. The SMILES string of the molecule is CC(C)C(COc1ccc2cccnc2c1)CS(=O)(=O)Cl. The Bertz CT molecular complexity index is 716. The van der Waals surface area contributed by atoms with Crippen LogP contribution in [0.4, 0.5) is 0 Å². The van der Waals surface area contributed by atoms with Crippen LogP contribution in [0.1, 0.15) is 13.8 Å². The van der Waals surface area contributed by atoms with E-state index >= 15 is 0 Å². The number of hydrogen-bond acceptors (Lipinski definition) is 4. The van der Waals surface area contributed by atoms with E-state index in [0.717, 1.165) is 10.9 Å². The summed E-state index contributed by atoms with van der Waals surface area (Å²) < 4.78 is 28.2. The maximum atomic E-state index is 11.2. The molecule has 0 N–H and O–H groups in total. The minimum Gasteiger partial charge on any atom is -0.493 e. The minimum atomic E-state index is -3.53. The molecule has 1 aromatic heterocycles. The molecule has 1 atom stereocenters. The smallest absolute Gasteiger partial charge is 0.233 e. The quantitative estimate of drug-likeness (QED) is 0.762. The van der Waals surface area contributed by atoms with Gasteiger partial charge in [0, 0.05) is 34.2 Å². The first-order valence-electron chi connectivity index (χ1n) is 6.75. The minimum absolute atomic E-state index is 0.0853. The molecule has 21 heavy (non-hydrogen) atoms. The third-order valence-electron chi connectivity index (χ3n) is 3.40. The van der Waals surface area contributed by atoms with Crippen molar-refractivity contribution in [3.8, 4) is 5.75 Å². The standard InChI is InChI=1S/C15H18ClNO3S/c1-11(2)13(10-21(16,18)19)9-20-14-6-5-12-4-3-7-17-15(12)8-14/h3-8,11,13H,9-10H2,1-2H3. The number of halogens is 1. The predicted octanol–water partition coefficient (Wildman–Crippen LogP) is 3.45. The van der Waals surface area contributed by atoms with E-state index in [9.17, 15) is 8.42 Å². The van der Waals surface area contributed by atoms with E-state index in [0.29, 0.717) is 12.4 Å². The maximum Gasteiger partial charge on any atom is 0.233 e. The Morgan fingerprint density at radius 3 is 2.71 bits per heavy atom. The molecule has 0 aliphatic carbocycles. The zero-order valence-electron chi connectivity index (χ0n) is 12.0. The van der Waals surface area contributed by atoms with Crippen LogP contribution in [0, 0.1) is 11.8 Å². The molecule has 2 aromatic rings. The number of benzene rings is 1. The molecular formula is C15H18ClNO3S. The van der Waals surface area contributed by atoms with Crippen molar-refractivity contribution in [1.29, 1.82) is 0 Å². The molecule has 0 radical (unpaired) electrons. The van der Waals surface area contributed by atoms with E-state index in [-0.39, 0.29) is 17.6 Å². The molecule has 1 heterocycles. The molecule has 0 saturated carbocycles. The fourth-order valence-corrected chi connectivity index (χ4v) is 3.51. The molecule has 114 valence electrons. The molecule has 0 bridgehead atoms. The zero-order chi connectivity index (χ0) is 15.5. The van der Waals surface area contributed by atoms with Crippen LogP contribution in [-0.2, 0) is 9.05 Å². The van der Waals surface area contributed by atoms with E-state index in [1.165, 1.54) is 0 Å². The Labute approximate surface area is 129 Å². The number of aromatic nitrogens is 1. The molecule has 0 saturated heterocycles. The van der Waals surface area contributed by atoms with Gasteiger partial charge in [-0.2, -0.15) is 0 Å². The van der Waals surface area contributed by atoms with Crippen molar-refractivity contribution >= 4 is 30.6 Å². The van der Waals surface area contributed by atoms with E-state index in [2.05, 4.69) is 4.98 Å². The Morgan fingerprint density at radius 1 is 1.29 bits per heavy atom. The highest BCUT2D eigenvalue weighted by Crippen LogP contribution is 2.21. The molecule has 0 fully saturated rings. The van der Waals surface area contributed by atoms with Gasteiger partial charge in [0.05, 0.1) is 17.9 Å². The summed E-state index contributed by atoms with van der Waals surface area (Å²) in [4.78, 5) is 4.27. The molecule has 1 unspecified atom stereocenters. The lowest BCUT2D eigenvalue weighted by atomic mass is 9.99. The van der Waals surface area contributed by atoms with Crippen LogP contribution in [0.3, 0.4) is 0 Å². The second-order valence-corrected chi connectivity index (χ2v) is 8.20. The number of nitrogens with zero attached hydrogens (tertiary/aromatic N) is 1. The summed E-state index contributed by atoms with van der Waals surface area (Å²) in [6, 6.07) is 9.49. The third kappa shape index (κ3) is 4.86. The average Bonchev–Trinajstić information content (AvgIpc) is 2.41. The van der Waals surface area contributed by atoms with Gasteiger partial charge in [-0.1, -0.05) is 19.9 Å². The second kappa shape index (κ2) is 6.62. The summed E-state index contributed by atoms with van der Waals surface area (Å²) >= 11 is 0. The Hall–Kier alpha value is -1.33. The molecule has 1 aromatic carbocycles. The summed E-state index contributed by atoms with van der Waals surface area (Å²) in [5.74, 6) is 0.612. The Kier molecular flexibility index (Phi) is 5.06. The van der Waals surface area contributed by atoms with E-state index in [1.807, 2.05) is 44.2 Å². The van der Waals surface area contributed by atoms with Gasteiger partial charge in [0.1, 0.15) is 5.75 Å². The van der Waals surface area contributed by atoms with Gasteiger partial charge in [-0.25, -0.2) is 8.42 Å². The summed E-state index contributed by atoms with van der Waals surface area (Å²) in [6.07, 6.45) is 1.73. The number of fused-ring (bicyclic) bond motifs is 1. The van der Waals surface area contributed by atoms with Crippen molar-refractivity contribution in [2.24, 2.45) is 11.8 Å². The number of pyridine rings is 1. The summed E-state index contributed by atoms with van der Waals surface area (Å²) in [6.45, 7) is 4.22. The highest BCUT2D eigenvalue weighted by molar-refractivity contribution is 8.13. The molecular weight excluding hydrogens is 310 g/mol. The van der Waals surface area contributed by atoms with Gasteiger partial charge >= 0.3 is 0 Å². The molecule has 0 aliphatic rings. The normalized spacial score (nSPS) is 13.5. The zero-order valence-corrected chi connectivity index (χ0v) is 13.6. The largest absolute Gasteiger partial charge is 0.493 e. The first-order valence-corrected chi connectivity index (χ1v) is 9.23. The van der Waals surface area contributed by atoms with Gasteiger partial charge in [-0.15, -0.1) is 0 Å². The molecule has 0 amide bonds. The Morgan fingerprint density at radius 2 is 2.05 bits per heavy atom. The van der Waals surface area contributed by atoms with E-state index < -0.39 is 9.05 Å². The van der Waals surface area contributed by atoms with Crippen LogP contribution >= 0.6 is 10.7 Å². The molecule has 4 nitrogen and oxygen atoms in total. The summed E-state index contributed by atoms with van der Waals surface area (Å²) in [5.41, 5.74) is 0.848. The highest BCUT2D eigenvalue weighted by Gasteiger charge is 2.21. The predicted molar refractivity (Wildman–Crippen MR) is 85.2 cm³/mol. The number of rotatable bonds is 6. The summed E-state index contributed by atoms with van der Waals surface area (Å²) in [7, 11) is 1.81. The van der Waals surface area contributed by atoms with Gasteiger partial charge in [0.25, 0.3) is 0 Å². The van der Waals surface area contributed by atoms with Crippen LogP contribution in [0.2, 0.25) is 0 Å². The Balaban J connectivity index is 2.08. The van der Waals surface area contributed by atoms with Crippen molar-refractivity contribution in [2.75, 3.05) is 12.4 Å². The van der Waals surface area contributed by atoms with Gasteiger partial charge in [-0.3, -0.25) is 4.98 Å². The highest BCUT2D eigenvalue weighted by atomic mass is 35.7. The van der Waals surface area contributed by atoms with Crippen molar-refractivity contribution in [3.05, 3.63) is 36.5 Å². The van der Waals surface area contributed by atoms with Crippen LogP contribution in [0.5, 0.6) is 5.75 Å². The topological polar surface area (TPSA) is 56.3 Å². The van der Waals surface area contributed by atoms with Gasteiger partial charge in [0.2, 0.25) is 9.05 Å². The van der Waals surface area contributed by atoms with Crippen molar-refractivity contribution in [2.45, 2.75) is 13.8 Å². The van der Waals surface area contributed by atoms with Gasteiger partial charge in [0.15, 0.2) is 0 Å². The van der Waals surface area contributed by atoms with Crippen LogP contribution < -0.4 is 4.74 Å². The number of hydrogen-bond donors (Lipinski definition) is 0. The average molecular weight is 328 g/mol. The third-order valence-corrected chi connectivity index (χ3v) is 4.60. The first-order chi connectivity index (χ1) is 9.85. The van der Waals surface area contributed by atoms with Crippen molar-refractivity contribution < 1.29 is 13.2 Å². The van der Waals surface area contributed by atoms with Crippen LogP contribution in [-0.4, -0.2) is 25.8 Å². The van der Waals surface area contributed by atoms with Crippen molar-refractivity contribution in [3.63, 3.8) is 0 Å². The fraction of sp³-hybridized carbons (Fsp3) is 0.400. The van der Waals surface area contributed by atoms with Gasteiger partial charge < -0.3 is 4.74 Å². The molecule has 0 spiro atoms. The molecule has 2 rings (SSSR count). The number of ether oxygens (including phenoxy) is 1. The lowest BCUT2D eigenvalue weighted by Gasteiger charge is -2.19. The summed E-state index contributed by atoms with van der Waals surface area (Å²) in [5, 5.41) is 1.04. The second-order valence-electron chi connectivity index (χ2n) is 5.38. The van der Waals surface area contributed by atoms with Crippen molar-refractivity contribution in [1.82, 2.24) is 4.98 Å². The first kappa shape index (κ1) is 16.0. The lowest BCUT2D eigenvalue weighted by Crippen LogP contribution is -2.24. The van der Waals surface area contributed by atoms with Gasteiger partial charge in [-0.05, 0) is 24.1 Å².